The zero-order valence-corrected chi connectivity index (χ0v) is 15.3. The SMILES string of the molecule is CCc1cc(S(=O)(=O)N(C)Cc2cccc(OC)c2)ccc1OC. The number of nitrogens with zero attached hydrogens (tertiary/aromatic N) is 1. The Hall–Kier alpha value is -2.05. The Bertz CT molecular complexity index is 802. The van der Waals surface area contributed by atoms with Gasteiger partial charge in [-0.2, -0.15) is 4.31 Å². The second-order valence-corrected chi connectivity index (χ2v) is 7.48. The Balaban J connectivity index is 2.28. The van der Waals surface area contributed by atoms with Crippen molar-refractivity contribution in [3.63, 3.8) is 0 Å². The standard InChI is InChI=1S/C18H23NO4S/c1-5-15-12-17(9-10-18(15)23-4)24(20,21)19(2)13-14-7-6-8-16(11-14)22-3/h6-12H,5,13H2,1-4H3. The molecule has 0 amide bonds. The molecular formula is C18H23NO4S. The second-order valence-electron chi connectivity index (χ2n) is 5.44. The van der Waals surface area contributed by atoms with Gasteiger partial charge in [-0.15, -0.1) is 0 Å². The van der Waals surface area contributed by atoms with Gasteiger partial charge in [0.2, 0.25) is 10.0 Å². The molecular weight excluding hydrogens is 326 g/mol. The van der Waals surface area contributed by atoms with Gasteiger partial charge in [-0.3, -0.25) is 0 Å². The summed E-state index contributed by atoms with van der Waals surface area (Å²) in [6.07, 6.45) is 0.701. The minimum absolute atomic E-state index is 0.269. The molecule has 0 saturated heterocycles. The number of hydrogen-bond acceptors (Lipinski definition) is 4. The topological polar surface area (TPSA) is 55.8 Å². The van der Waals surface area contributed by atoms with Crippen LogP contribution in [-0.4, -0.2) is 34.0 Å². The van der Waals surface area contributed by atoms with Crippen LogP contribution in [0.25, 0.3) is 0 Å². The van der Waals surface area contributed by atoms with Crippen molar-refractivity contribution < 1.29 is 17.9 Å². The third kappa shape index (κ3) is 3.88. The number of methoxy groups -OCH3 is 2. The van der Waals surface area contributed by atoms with Crippen LogP contribution in [0.15, 0.2) is 47.4 Å². The summed E-state index contributed by atoms with van der Waals surface area (Å²) in [6, 6.07) is 12.3. The Labute approximate surface area is 143 Å². The summed E-state index contributed by atoms with van der Waals surface area (Å²) < 4.78 is 37.4. The molecule has 0 aromatic heterocycles. The number of ether oxygens (including phenoxy) is 2. The predicted molar refractivity (Wildman–Crippen MR) is 94.0 cm³/mol. The molecule has 0 aliphatic rings. The number of rotatable bonds is 7. The summed E-state index contributed by atoms with van der Waals surface area (Å²) in [5.41, 5.74) is 1.73. The zero-order valence-electron chi connectivity index (χ0n) is 14.4. The van der Waals surface area contributed by atoms with Crippen molar-refractivity contribution in [2.24, 2.45) is 0 Å². The smallest absolute Gasteiger partial charge is 0.243 e. The highest BCUT2D eigenvalue weighted by molar-refractivity contribution is 7.89. The normalized spacial score (nSPS) is 11.5. The van der Waals surface area contributed by atoms with Gasteiger partial charge in [0, 0.05) is 13.6 Å². The summed E-state index contributed by atoms with van der Waals surface area (Å²) in [5, 5.41) is 0. The molecule has 0 unspecified atom stereocenters. The van der Waals surface area contributed by atoms with Gasteiger partial charge in [-0.05, 0) is 47.9 Å². The van der Waals surface area contributed by atoms with E-state index in [-0.39, 0.29) is 11.4 Å². The van der Waals surface area contributed by atoms with Crippen LogP contribution in [-0.2, 0) is 23.0 Å². The molecule has 2 aromatic carbocycles. The summed E-state index contributed by atoms with van der Waals surface area (Å²) >= 11 is 0. The Morgan fingerprint density at radius 2 is 1.79 bits per heavy atom. The Morgan fingerprint density at radius 3 is 2.42 bits per heavy atom. The van der Waals surface area contributed by atoms with Crippen LogP contribution in [0.1, 0.15) is 18.1 Å². The van der Waals surface area contributed by atoms with Crippen molar-refractivity contribution in [2.75, 3.05) is 21.3 Å². The number of sulfonamides is 1. The van der Waals surface area contributed by atoms with E-state index in [9.17, 15) is 8.42 Å². The molecule has 0 aliphatic heterocycles. The summed E-state index contributed by atoms with van der Waals surface area (Å²) in [5.74, 6) is 1.41. The predicted octanol–water partition coefficient (Wildman–Crippen LogP) is 3.09. The molecule has 0 N–H and O–H groups in total. The van der Waals surface area contributed by atoms with E-state index in [2.05, 4.69) is 0 Å². The van der Waals surface area contributed by atoms with Gasteiger partial charge in [0.25, 0.3) is 0 Å². The lowest BCUT2D eigenvalue weighted by molar-refractivity contribution is 0.409. The van der Waals surface area contributed by atoms with Gasteiger partial charge in [-0.25, -0.2) is 8.42 Å². The number of hydrogen-bond donors (Lipinski definition) is 0. The molecule has 0 aliphatic carbocycles. The lowest BCUT2D eigenvalue weighted by atomic mass is 10.1. The van der Waals surface area contributed by atoms with Crippen LogP contribution in [0.3, 0.4) is 0 Å². The van der Waals surface area contributed by atoms with E-state index < -0.39 is 10.0 Å². The fourth-order valence-corrected chi connectivity index (χ4v) is 3.69. The monoisotopic (exact) mass is 349 g/mol. The van der Waals surface area contributed by atoms with E-state index >= 15 is 0 Å². The van der Waals surface area contributed by atoms with E-state index in [1.165, 1.54) is 4.31 Å². The van der Waals surface area contributed by atoms with Crippen LogP contribution in [0.5, 0.6) is 11.5 Å². The van der Waals surface area contributed by atoms with Crippen LogP contribution >= 0.6 is 0 Å². The largest absolute Gasteiger partial charge is 0.497 e. The molecule has 0 saturated carbocycles. The second kappa shape index (κ2) is 7.68. The highest BCUT2D eigenvalue weighted by atomic mass is 32.2. The quantitative estimate of drug-likeness (QED) is 0.771. The van der Waals surface area contributed by atoms with Crippen LogP contribution < -0.4 is 9.47 Å². The van der Waals surface area contributed by atoms with Crippen LogP contribution in [0, 0.1) is 0 Å². The molecule has 2 aromatic rings. The molecule has 130 valence electrons. The van der Waals surface area contributed by atoms with Gasteiger partial charge >= 0.3 is 0 Å². The molecule has 0 atom stereocenters. The molecule has 24 heavy (non-hydrogen) atoms. The summed E-state index contributed by atoms with van der Waals surface area (Å²) in [6.45, 7) is 2.24. The average Bonchev–Trinajstić information content (AvgIpc) is 2.61. The molecule has 6 heteroatoms. The van der Waals surface area contributed by atoms with Crippen LogP contribution in [0.4, 0.5) is 0 Å². The maximum atomic E-state index is 12.8. The van der Waals surface area contributed by atoms with E-state index in [1.807, 2.05) is 31.2 Å². The fourth-order valence-electron chi connectivity index (χ4n) is 2.48. The minimum atomic E-state index is -3.58. The van der Waals surface area contributed by atoms with Crippen molar-refractivity contribution >= 4 is 10.0 Å². The molecule has 0 spiro atoms. The molecule has 0 heterocycles. The average molecular weight is 349 g/mol. The maximum absolute atomic E-state index is 12.8. The summed E-state index contributed by atoms with van der Waals surface area (Å²) in [4.78, 5) is 0.269. The van der Waals surface area contributed by atoms with E-state index in [4.69, 9.17) is 9.47 Å². The van der Waals surface area contributed by atoms with Gasteiger partial charge < -0.3 is 9.47 Å². The van der Waals surface area contributed by atoms with Crippen molar-refractivity contribution in [2.45, 2.75) is 24.8 Å². The molecule has 5 nitrogen and oxygen atoms in total. The van der Waals surface area contributed by atoms with Gasteiger partial charge in [0.1, 0.15) is 11.5 Å². The summed E-state index contributed by atoms with van der Waals surface area (Å²) in [7, 11) is 1.16. The van der Waals surface area contributed by atoms with E-state index in [0.717, 1.165) is 11.1 Å². The first kappa shape index (κ1) is 18.3. The van der Waals surface area contributed by atoms with Gasteiger partial charge in [-0.1, -0.05) is 19.1 Å². The van der Waals surface area contributed by atoms with E-state index in [0.29, 0.717) is 17.9 Å². The first-order chi connectivity index (χ1) is 11.4. The third-order valence-electron chi connectivity index (χ3n) is 3.88. The van der Waals surface area contributed by atoms with E-state index in [1.54, 1.807) is 39.5 Å². The fraction of sp³-hybridized carbons (Fsp3) is 0.333. The van der Waals surface area contributed by atoms with Crippen molar-refractivity contribution in [1.29, 1.82) is 0 Å². The lowest BCUT2D eigenvalue weighted by Gasteiger charge is -2.19. The van der Waals surface area contributed by atoms with Crippen molar-refractivity contribution in [3.8, 4) is 11.5 Å². The zero-order chi connectivity index (χ0) is 17.7. The highest BCUT2D eigenvalue weighted by Gasteiger charge is 2.22. The number of benzene rings is 2. The molecule has 0 bridgehead atoms. The van der Waals surface area contributed by atoms with Crippen molar-refractivity contribution in [1.82, 2.24) is 4.31 Å². The molecule has 0 radical (unpaired) electrons. The molecule has 0 fully saturated rings. The van der Waals surface area contributed by atoms with Crippen molar-refractivity contribution in [3.05, 3.63) is 53.6 Å². The maximum Gasteiger partial charge on any atom is 0.243 e. The number of aryl methyl sites for hydroxylation is 1. The minimum Gasteiger partial charge on any atom is -0.497 e. The first-order valence-corrected chi connectivity index (χ1v) is 9.12. The lowest BCUT2D eigenvalue weighted by Crippen LogP contribution is -2.26. The van der Waals surface area contributed by atoms with Gasteiger partial charge in [0.15, 0.2) is 0 Å². The molecule has 2 rings (SSSR count). The Kier molecular flexibility index (Phi) is 5.85. The van der Waals surface area contributed by atoms with Gasteiger partial charge in [0.05, 0.1) is 19.1 Å². The van der Waals surface area contributed by atoms with Crippen LogP contribution in [0.2, 0.25) is 0 Å². The highest BCUT2D eigenvalue weighted by Crippen LogP contribution is 2.25. The third-order valence-corrected chi connectivity index (χ3v) is 5.68. The first-order valence-electron chi connectivity index (χ1n) is 7.68. The Morgan fingerprint density at radius 1 is 1.04 bits per heavy atom.